The second kappa shape index (κ2) is 7.53. The van der Waals surface area contributed by atoms with Crippen molar-refractivity contribution in [3.05, 3.63) is 30.1 Å². The number of piperazine rings is 1. The molecule has 3 fully saturated rings. The number of halogens is 1. The van der Waals surface area contributed by atoms with Gasteiger partial charge in [0.1, 0.15) is 10.7 Å². The van der Waals surface area contributed by atoms with E-state index < -0.39 is 15.8 Å². The molecule has 2 amide bonds. The predicted molar refractivity (Wildman–Crippen MR) is 98.0 cm³/mol. The summed E-state index contributed by atoms with van der Waals surface area (Å²) in [6.07, 6.45) is 3.56. The molecule has 4 rings (SSSR count). The Morgan fingerprint density at radius 3 is 2.14 bits per heavy atom. The second-order valence-electron chi connectivity index (χ2n) is 7.84. The van der Waals surface area contributed by atoms with E-state index in [1.807, 2.05) is 0 Å². The highest BCUT2D eigenvalue weighted by Crippen LogP contribution is 2.37. The fourth-order valence-electron chi connectivity index (χ4n) is 4.60. The molecular formula is C19H25FN3O4S+. The van der Waals surface area contributed by atoms with Crippen LogP contribution in [0, 0.1) is 17.7 Å². The molecule has 9 heteroatoms. The summed E-state index contributed by atoms with van der Waals surface area (Å²) in [5, 5.41) is 0. The number of benzene rings is 1. The maximum Gasteiger partial charge on any atom is 0.246 e. The smallest absolute Gasteiger partial charge is 0.246 e. The number of carbonyl (C=O) groups excluding carboxylic acids is 2. The molecule has 1 aromatic rings. The number of likely N-dealkylation sites (tertiary alicyclic amines) is 1. The van der Waals surface area contributed by atoms with Gasteiger partial charge in [-0.05, 0) is 25.0 Å². The van der Waals surface area contributed by atoms with Gasteiger partial charge < -0.3 is 4.90 Å². The minimum atomic E-state index is -3.88. The highest BCUT2D eigenvalue weighted by Gasteiger charge is 2.49. The summed E-state index contributed by atoms with van der Waals surface area (Å²) in [5.74, 6) is -1.22. The van der Waals surface area contributed by atoms with Gasteiger partial charge in [0.25, 0.3) is 0 Å². The number of hydrogen-bond donors (Lipinski definition) is 1. The topological polar surface area (TPSA) is 79.2 Å². The number of imide groups is 1. The van der Waals surface area contributed by atoms with E-state index in [0.29, 0.717) is 13.1 Å². The Kier molecular flexibility index (Phi) is 5.24. The van der Waals surface area contributed by atoms with Gasteiger partial charge in [0.05, 0.1) is 38.0 Å². The maximum atomic E-state index is 13.9. The van der Waals surface area contributed by atoms with Crippen molar-refractivity contribution in [1.29, 1.82) is 0 Å². The van der Waals surface area contributed by atoms with Gasteiger partial charge in [-0.1, -0.05) is 25.0 Å². The lowest BCUT2D eigenvalue weighted by atomic mass is 9.81. The summed E-state index contributed by atoms with van der Waals surface area (Å²) in [5.41, 5.74) is 0. The molecule has 1 saturated carbocycles. The number of carbonyl (C=O) groups is 2. The second-order valence-corrected chi connectivity index (χ2v) is 9.75. The predicted octanol–water partition coefficient (Wildman–Crippen LogP) is -0.152. The first-order valence-electron chi connectivity index (χ1n) is 9.83. The van der Waals surface area contributed by atoms with E-state index >= 15 is 0 Å². The molecule has 2 heterocycles. The van der Waals surface area contributed by atoms with Crippen molar-refractivity contribution in [2.75, 3.05) is 32.8 Å². The standard InChI is InChI=1S/C19H24FN3O4S/c20-16-7-3-4-8-17(16)28(26,27)22-11-9-21(10-12-22)13-23-18(24)14-5-1-2-6-15(14)19(23)25/h3-4,7-8,14-15H,1-2,5-6,9-13H2/p+1/t14-,15-/m0/s1. The Hall–Kier alpha value is -1.84. The summed E-state index contributed by atoms with van der Waals surface area (Å²) in [7, 11) is -3.88. The molecule has 2 aliphatic heterocycles. The molecule has 0 unspecified atom stereocenters. The lowest BCUT2D eigenvalue weighted by molar-refractivity contribution is -0.910. The average Bonchev–Trinajstić information content (AvgIpc) is 2.94. The third-order valence-corrected chi connectivity index (χ3v) is 8.13. The number of hydrogen-bond acceptors (Lipinski definition) is 4. The van der Waals surface area contributed by atoms with Crippen LogP contribution in [0.4, 0.5) is 4.39 Å². The summed E-state index contributed by atoms with van der Waals surface area (Å²) < 4.78 is 40.6. The molecule has 0 spiro atoms. The quantitative estimate of drug-likeness (QED) is 0.700. The molecular weight excluding hydrogens is 385 g/mol. The highest BCUT2D eigenvalue weighted by atomic mass is 32.2. The molecule has 7 nitrogen and oxygen atoms in total. The van der Waals surface area contributed by atoms with Gasteiger partial charge in [-0.3, -0.25) is 9.59 Å². The Morgan fingerprint density at radius 2 is 1.57 bits per heavy atom. The molecule has 1 aliphatic carbocycles. The summed E-state index contributed by atoms with van der Waals surface area (Å²) in [4.78, 5) is 27.3. The first-order valence-corrected chi connectivity index (χ1v) is 11.3. The van der Waals surface area contributed by atoms with Gasteiger partial charge in [-0.15, -0.1) is 0 Å². The van der Waals surface area contributed by atoms with Gasteiger partial charge in [0.15, 0.2) is 6.67 Å². The molecule has 0 radical (unpaired) electrons. The molecule has 1 N–H and O–H groups in total. The lowest BCUT2D eigenvalue weighted by Gasteiger charge is -2.33. The van der Waals surface area contributed by atoms with Crippen molar-refractivity contribution in [1.82, 2.24) is 9.21 Å². The monoisotopic (exact) mass is 410 g/mol. The van der Waals surface area contributed by atoms with Gasteiger partial charge in [-0.25, -0.2) is 17.7 Å². The van der Waals surface area contributed by atoms with Crippen molar-refractivity contribution in [2.45, 2.75) is 30.6 Å². The van der Waals surface area contributed by atoms with Crippen LogP contribution in [0.1, 0.15) is 25.7 Å². The summed E-state index contributed by atoms with van der Waals surface area (Å²) in [6.45, 7) is 1.70. The summed E-state index contributed by atoms with van der Waals surface area (Å²) in [6, 6.07) is 5.37. The van der Waals surface area contributed by atoms with Crippen LogP contribution in [-0.4, -0.2) is 62.3 Å². The molecule has 0 bridgehead atoms. The third kappa shape index (κ3) is 3.35. The van der Waals surface area contributed by atoms with Crippen molar-refractivity contribution in [3.8, 4) is 0 Å². The fourth-order valence-corrected chi connectivity index (χ4v) is 6.11. The van der Waals surface area contributed by atoms with E-state index in [0.717, 1.165) is 36.6 Å². The van der Waals surface area contributed by atoms with Gasteiger partial charge >= 0.3 is 0 Å². The van der Waals surface area contributed by atoms with E-state index in [9.17, 15) is 22.4 Å². The number of nitrogens with zero attached hydrogens (tertiary/aromatic N) is 2. The Bertz CT molecular complexity index is 859. The van der Waals surface area contributed by atoms with Crippen LogP contribution in [0.3, 0.4) is 0 Å². The Balaban J connectivity index is 1.39. The van der Waals surface area contributed by atoms with Crippen LogP contribution < -0.4 is 4.90 Å². The Labute approximate surface area is 164 Å². The van der Waals surface area contributed by atoms with E-state index in [1.54, 1.807) is 0 Å². The number of amides is 2. The molecule has 28 heavy (non-hydrogen) atoms. The van der Waals surface area contributed by atoms with Crippen molar-refractivity contribution >= 4 is 21.8 Å². The van der Waals surface area contributed by atoms with Crippen molar-refractivity contribution in [2.24, 2.45) is 11.8 Å². The zero-order valence-electron chi connectivity index (χ0n) is 15.6. The van der Waals surface area contributed by atoms with Gasteiger partial charge in [0, 0.05) is 0 Å². The molecule has 2 atom stereocenters. The number of fused-ring (bicyclic) bond motifs is 1. The highest BCUT2D eigenvalue weighted by molar-refractivity contribution is 7.89. The number of quaternary nitrogens is 1. The van der Waals surface area contributed by atoms with Crippen molar-refractivity contribution in [3.63, 3.8) is 0 Å². The lowest BCUT2D eigenvalue weighted by Crippen LogP contribution is -3.16. The van der Waals surface area contributed by atoms with Crippen LogP contribution in [0.5, 0.6) is 0 Å². The summed E-state index contributed by atoms with van der Waals surface area (Å²) >= 11 is 0. The van der Waals surface area contributed by atoms with Gasteiger partial charge in [-0.2, -0.15) is 4.31 Å². The minimum absolute atomic E-state index is 0.0661. The zero-order valence-corrected chi connectivity index (χ0v) is 16.5. The maximum absolute atomic E-state index is 13.9. The average molecular weight is 410 g/mol. The largest absolute Gasteiger partial charge is 0.315 e. The van der Waals surface area contributed by atoms with Crippen LogP contribution >= 0.6 is 0 Å². The minimum Gasteiger partial charge on any atom is -0.315 e. The van der Waals surface area contributed by atoms with E-state index in [-0.39, 0.29) is 48.3 Å². The van der Waals surface area contributed by atoms with Crippen LogP contribution in [0.15, 0.2) is 29.2 Å². The zero-order chi connectivity index (χ0) is 19.9. The Morgan fingerprint density at radius 1 is 1.00 bits per heavy atom. The van der Waals surface area contributed by atoms with Crippen LogP contribution in [-0.2, 0) is 19.6 Å². The van der Waals surface area contributed by atoms with Crippen LogP contribution in [0.25, 0.3) is 0 Å². The first-order chi connectivity index (χ1) is 13.4. The number of rotatable bonds is 4. The normalized spacial score (nSPS) is 27.2. The molecule has 152 valence electrons. The SMILES string of the molecule is O=C1[C@H]2CCCC[C@@H]2C(=O)N1C[NH+]1CCN(S(=O)(=O)c2ccccc2F)CC1. The molecule has 0 aromatic heterocycles. The van der Waals surface area contributed by atoms with E-state index in [1.165, 1.54) is 27.4 Å². The van der Waals surface area contributed by atoms with E-state index in [4.69, 9.17) is 0 Å². The molecule has 1 aromatic carbocycles. The molecule has 3 aliphatic rings. The first kappa shape index (κ1) is 19.5. The van der Waals surface area contributed by atoms with Crippen molar-refractivity contribution < 1.29 is 27.3 Å². The third-order valence-electron chi connectivity index (χ3n) is 6.20. The number of sulfonamides is 1. The fraction of sp³-hybridized carbons (Fsp3) is 0.579. The van der Waals surface area contributed by atoms with Gasteiger partial charge in [0.2, 0.25) is 21.8 Å². The number of nitrogens with one attached hydrogen (secondary N) is 1. The molecule has 2 saturated heterocycles. The van der Waals surface area contributed by atoms with E-state index in [2.05, 4.69) is 0 Å². The van der Waals surface area contributed by atoms with Crippen LogP contribution in [0.2, 0.25) is 0 Å².